The first-order valence-corrected chi connectivity index (χ1v) is 7.64. The molecule has 0 N–H and O–H groups in total. The van der Waals surface area contributed by atoms with E-state index < -0.39 is 16.0 Å². The van der Waals surface area contributed by atoms with Crippen LogP contribution in [0.1, 0.15) is 18.9 Å². The van der Waals surface area contributed by atoms with E-state index in [-0.39, 0.29) is 18.8 Å². The Morgan fingerprint density at radius 3 is 2.75 bits per heavy atom. The van der Waals surface area contributed by atoms with E-state index in [2.05, 4.69) is 0 Å². The number of hydrogen-bond acceptors (Lipinski definition) is 5. The van der Waals surface area contributed by atoms with Gasteiger partial charge in [0.15, 0.2) is 0 Å². The summed E-state index contributed by atoms with van der Waals surface area (Å²) in [7, 11) is -2.24. The van der Waals surface area contributed by atoms with E-state index >= 15 is 0 Å². The molecule has 0 radical (unpaired) electrons. The molecule has 1 aromatic rings. The average molecular weight is 296 g/mol. The van der Waals surface area contributed by atoms with Gasteiger partial charge in [-0.3, -0.25) is 9.10 Å². The Labute approximate surface area is 118 Å². The predicted molar refractivity (Wildman–Crippen MR) is 74.6 cm³/mol. The number of nitriles is 1. The molecular weight excluding hydrogens is 280 g/mol. The average Bonchev–Trinajstić information content (AvgIpc) is 2.45. The fourth-order valence-corrected chi connectivity index (χ4v) is 2.65. The van der Waals surface area contributed by atoms with Crippen molar-refractivity contribution in [3.63, 3.8) is 0 Å². The summed E-state index contributed by atoms with van der Waals surface area (Å²) in [6.07, 6.45) is -0.196. The van der Waals surface area contributed by atoms with Crippen molar-refractivity contribution in [3.05, 3.63) is 29.8 Å². The number of esters is 1. The van der Waals surface area contributed by atoms with E-state index in [1.165, 1.54) is 13.1 Å². The van der Waals surface area contributed by atoms with Gasteiger partial charge in [0.25, 0.3) is 0 Å². The number of carbonyl (C=O) groups is 1. The zero-order chi connectivity index (χ0) is 15.2. The summed E-state index contributed by atoms with van der Waals surface area (Å²) in [5.74, 6) is -0.880. The second kappa shape index (κ2) is 6.91. The van der Waals surface area contributed by atoms with Crippen molar-refractivity contribution in [2.45, 2.75) is 13.3 Å². The van der Waals surface area contributed by atoms with Gasteiger partial charge in [0.1, 0.15) is 0 Å². The van der Waals surface area contributed by atoms with Crippen LogP contribution in [0.5, 0.6) is 0 Å². The number of rotatable bonds is 6. The van der Waals surface area contributed by atoms with Crippen LogP contribution in [0, 0.1) is 11.3 Å². The Balaban J connectivity index is 2.81. The topological polar surface area (TPSA) is 87.5 Å². The SMILES string of the molecule is CCOC(=O)CCS(=O)(=O)N(C)c1cccc(C#N)c1. The van der Waals surface area contributed by atoms with Crippen molar-refractivity contribution < 1.29 is 17.9 Å². The minimum absolute atomic E-state index is 0.196. The van der Waals surface area contributed by atoms with Gasteiger partial charge >= 0.3 is 5.97 Å². The third-order valence-corrected chi connectivity index (χ3v) is 4.39. The summed E-state index contributed by atoms with van der Waals surface area (Å²) < 4.78 is 29.9. The lowest BCUT2D eigenvalue weighted by molar-refractivity contribution is -0.142. The Morgan fingerprint density at radius 1 is 1.45 bits per heavy atom. The maximum absolute atomic E-state index is 12.1. The normalized spacial score (nSPS) is 10.7. The van der Waals surface area contributed by atoms with Gasteiger partial charge in [-0.15, -0.1) is 0 Å². The summed E-state index contributed by atoms with van der Waals surface area (Å²) in [6.45, 7) is 1.88. The van der Waals surface area contributed by atoms with Crippen LogP contribution < -0.4 is 4.31 Å². The highest BCUT2D eigenvalue weighted by Gasteiger charge is 2.20. The lowest BCUT2D eigenvalue weighted by Crippen LogP contribution is -2.30. The van der Waals surface area contributed by atoms with E-state index in [1.54, 1.807) is 25.1 Å². The Hall–Kier alpha value is -2.07. The molecular formula is C13H16N2O4S. The van der Waals surface area contributed by atoms with Gasteiger partial charge in [-0.1, -0.05) is 6.07 Å². The highest BCUT2D eigenvalue weighted by Crippen LogP contribution is 2.18. The second-order valence-electron chi connectivity index (χ2n) is 4.00. The van der Waals surface area contributed by atoms with E-state index in [0.29, 0.717) is 11.3 Å². The number of anilines is 1. The number of benzene rings is 1. The van der Waals surface area contributed by atoms with Crippen molar-refractivity contribution >= 4 is 21.7 Å². The molecule has 0 aliphatic carbocycles. The van der Waals surface area contributed by atoms with Gasteiger partial charge in [0.05, 0.1) is 36.1 Å². The van der Waals surface area contributed by atoms with Gasteiger partial charge in [-0.05, 0) is 25.1 Å². The molecule has 0 spiro atoms. The van der Waals surface area contributed by atoms with Gasteiger partial charge in [-0.2, -0.15) is 5.26 Å². The highest BCUT2D eigenvalue weighted by molar-refractivity contribution is 7.92. The summed E-state index contributed by atoms with van der Waals surface area (Å²) in [6, 6.07) is 8.19. The van der Waals surface area contributed by atoms with Crippen molar-refractivity contribution in [2.24, 2.45) is 0 Å². The molecule has 0 amide bonds. The first-order chi connectivity index (χ1) is 9.40. The van der Waals surface area contributed by atoms with E-state index in [1.807, 2.05) is 6.07 Å². The van der Waals surface area contributed by atoms with Crippen LogP contribution in [0.2, 0.25) is 0 Å². The molecule has 7 heteroatoms. The van der Waals surface area contributed by atoms with E-state index in [4.69, 9.17) is 10.00 Å². The van der Waals surface area contributed by atoms with Crippen LogP contribution in [0.25, 0.3) is 0 Å². The predicted octanol–water partition coefficient (Wildman–Crippen LogP) is 1.28. The molecule has 0 bridgehead atoms. The van der Waals surface area contributed by atoms with Crippen molar-refractivity contribution in [1.29, 1.82) is 5.26 Å². The Kier molecular flexibility index (Phi) is 5.53. The third kappa shape index (κ3) is 4.24. The number of sulfonamides is 1. The maximum atomic E-state index is 12.1. The summed E-state index contributed by atoms with van der Waals surface area (Å²) >= 11 is 0. The van der Waals surface area contributed by atoms with Gasteiger partial charge in [-0.25, -0.2) is 8.42 Å². The molecule has 0 heterocycles. The second-order valence-corrected chi connectivity index (χ2v) is 6.12. The first kappa shape index (κ1) is 16.0. The van der Waals surface area contributed by atoms with Crippen LogP contribution in [0.4, 0.5) is 5.69 Å². The van der Waals surface area contributed by atoms with Gasteiger partial charge in [0.2, 0.25) is 10.0 Å². The molecule has 0 aliphatic rings. The smallest absolute Gasteiger partial charge is 0.306 e. The zero-order valence-corrected chi connectivity index (χ0v) is 12.2. The number of nitrogens with zero attached hydrogens (tertiary/aromatic N) is 2. The molecule has 1 aromatic carbocycles. The van der Waals surface area contributed by atoms with Crippen molar-refractivity contribution in [1.82, 2.24) is 0 Å². The third-order valence-electron chi connectivity index (χ3n) is 2.63. The van der Waals surface area contributed by atoms with E-state index in [0.717, 1.165) is 4.31 Å². The highest BCUT2D eigenvalue weighted by atomic mass is 32.2. The van der Waals surface area contributed by atoms with Gasteiger partial charge in [0, 0.05) is 7.05 Å². The molecule has 0 unspecified atom stereocenters. The molecule has 1 rings (SSSR count). The van der Waals surface area contributed by atoms with Crippen LogP contribution in [0.15, 0.2) is 24.3 Å². The largest absolute Gasteiger partial charge is 0.466 e. The Bertz CT molecular complexity index is 620. The van der Waals surface area contributed by atoms with Crippen LogP contribution in [0.3, 0.4) is 0 Å². The van der Waals surface area contributed by atoms with Crippen molar-refractivity contribution in [2.75, 3.05) is 23.7 Å². The van der Waals surface area contributed by atoms with Crippen LogP contribution in [-0.2, 0) is 19.6 Å². The lowest BCUT2D eigenvalue weighted by Gasteiger charge is -2.19. The summed E-state index contributed by atoms with van der Waals surface area (Å²) in [5.41, 5.74) is 0.753. The molecule has 0 atom stereocenters. The number of carbonyl (C=O) groups excluding carboxylic acids is 1. The fourth-order valence-electron chi connectivity index (χ4n) is 1.51. The standard InChI is InChI=1S/C13H16N2O4S/c1-3-19-13(16)7-8-20(17,18)15(2)12-6-4-5-11(9-12)10-14/h4-6,9H,3,7-8H2,1-2H3. The van der Waals surface area contributed by atoms with E-state index in [9.17, 15) is 13.2 Å². The van der Waals surface area contributed by atoms with Crippen molar-refractivity contribution in [3.8, 4) is 6.07 Å². The quantitative estimate of drug-likeness (QED) is 0.738. The fraction of sp³-hybridized carbons (Fsp3) is 0.385. The monoisotopic (exact) mass is 296 g/mol. The Morgan fingerprint density at radius 2 is 2.15 bits per heavy atom. The van der Waals surface area contributed by atoms with Crippen LogP contribution >= 0.6 is 0 Å². The van der Waals surface area contributed by atoms with Gasteiger partial charge < -0.3 is 4.74 Å². The maximum Gasteiger partial charge on any atom is 0.306 e. The number of ether oxygens (including phenoxy) is 1. The molecule has 0 saturated heterocycles. The molecule has 6 nitrogen and oxygen atoms in total. The number of hydrogen-bond donors (Lipinski definition) is 0. The molecule has 0 saturated carbocycles. The molecule has 0 fully saturated rings. The molecule has 20 heavy (non-hydrogen) atoms. The first-order valence-electron chi connectivity index (χ1n) is 6.03. The van der Waals surface area contributed by atoms with Crippen LogP contribution in [-0.4, -0.2) is 33.8 Å². The zero-order valence-electron chi connectivity index (χ0n) is 11.4. The summed E-state index contributed by atoms with van der Waals surface area (Å²) in [5, 5.41) is 8.80. The minimum Gasteiger partial charge on any atom is -0.466 e. The molecule has 0 aliphatic heterocycles. The lowest BCUT2D eigenvalue weighted by atomic mass is 10.2. The molecule has 0 aromatic heterocycles. The molecule has 108 valence electrons. The minimum atomic E-state index is -3.63. The summed E-state index contributed by atoms with van der Waals surface area (Å²) in [4.78, 5) is 11.2.